The highest BCUT2D eigenvalue weighted by atomic mass is 16.5. The van der Waals surface area contributed by atoms with Crippen LogP contribution in [0.2, 0.25) is 0 Å². The molecule has 14 nitrogen and oxygen atoms in total. The number of piperidine rings is 1. The molecule has 1 aromatic heterocycles. The number of aliphatic carboxylic acids is 1. The molecule has 0 bridgehead atoms. The Balaban J connectivity index is 0.793. The number of phenols is 1. The van der Waals surface area contributed by atoms with E-state index < -0.39 is 17.7 Å². The molecule has 2 saturated heterocycles. The normalized spacial score (nSPS) is 16.1. The number of aromatic hydroxyl groups is 1. The number of likely N-dealkylation sites (tertiary alicyclic amines) is 1. The fourth-order valence-electron chi connectivity index (χ4n) is 9.28. The molecule has 2 amide bonds. The number of amides is 2. The molecule has 348 valence electrons. The van der Waals surface area contributed by atoms with Gasteiger partial charge in [-0.2, -0.15) is 0 Å². The summed E-state index contributed by atoms with van der Waals surface area (Å²) in [5.74, 6) is -1.29. The van der Waals surface area contributed by atoms with E-state index in [0.29, 0.717) is 73.6 Å². The van der Waals surface area contributed by atoms with E-state index in [9.17, 15) is 39.6 Å². The Morgan fingerprint density at radius 1 is 0.791 bits per heavy atom. The minimum Gasteiger partial charge on any atom is -0.506 e. The first kappa shape index (κ1) is 46.7. The van der Waals surface area contributed by atoms with Gasteiger partial charge in [0.05, 0.1) is 11.6 Å². The number of pyridine rings is 1. The predicted molar refractivity (Wildman–Crippen MR) is 254 cm³/mol. The highest BCUT2D eigenvalue weighted by molar-refractivity contribution is 5.94. The van der Waals surface area contributed by atoms with Crippen LogP contribution >= 0.6 is 0 Å². The van der Waals surface area contributed by atoms with Crippen molar-refractivity contribution >= 4 is 28.7 Å². The fraction of sp³-hybridized carbons (Fsp3) is 0.321. The molecule has 14 heteroatoms. The lowest BCUT2D eigenvalue weighted by molar-refractivity contribution is -0.155. The molecule has 8 rings (SSSR count). The standard InChI is InChI=1S/C53H57N5O9/c59-46-19-17-43(44-18-20-48(61)55-50(44)46)47(60)33-54-24-21-36-13-15-39(16-14-36)51(63)58-29-27-57(28-30-58)49(62)35-67-42-11-6-10-41(32-42)53(66,52(64)65)45-12-5-4-9-40(45)31-37-22-25-56(26-23-37)34-38-7-2-1-3-8-38/h1-20,32,37,47,54,59-60,66H,21-31,33-35H2,(H,55,61)(H,64,65)/t47-,53-/m0/s1. The number of aliphatic hydroxyl groups is 2. The molecule has 2 aliphatic heterocycles. The zero-order valence-corrected chi connectivity index (χ0v) is 37.4. The molecule has 2 aliphatic rings. The van der Waals surface area contributed by atoms with Crippen molar-refractivity contribution < 1.29 is 39.5 Å². The van der Waals surface area contributed by atoms with Gasteiger partial charge in [-0.05, 0) is 110 Å². The smallest absolute Gasteiger partial charge is 0.345 e. The van der Waals surface area contributed by atoms with Gasteiger partial charge in [0.15, 0.2) is 6.61 Å². The number of aromatic amines is 1. The Kier molecular flexibility index (Phi) is 14.8. The van der Waals surface area contributed by atoms with Crippen LogP contribution in [0.4, 0.5) is 0 Å². The number of benzene rings is 5. The van der Waals surface area contributed by atoms with Crippen LogP contribution in [0.15, 0.2) is 132 Å². The van der Waals surface area contributed by atoms with E-state index in [0.717, 1.165) is 43.6 Å². The molecular formula is C53H57N5O9. The van der Waals surface area contributed by atoms with Crippen LogP contribution in [-0.2, 0) is 34.6 Å². The minimum absolute atomic E-state index is 0.0661. The second kappa shape index (κ2) is 21.2. The van der Waals surface area contributed by atoms with Gasteiger partial charge >= 0.3 is 5.97 Å². The van der Waals surface area contributed by atoms with Crippen molar-refractivity contribution in [3.8, 4) is 11.5 Å². The first-order valence-corrected chi connectivity index (χ1v) is 22.9. The number of nitrogens with zero attached hydrogens (tertiary/aromatic N) is 3. The van der Waals surface area contributed by atoms with Gasteiger partial charge in [0.2, 0.25) is 11.2 Å². The molecule has 0 radical (unpaired) electrons. The molecule has 0 saturated carbocycles. The first-order chi connectivity index (χ1) is 32.5. The SMILES string of the molecule is O=C(COc1cccc([C@@](O)(C(=O)O)c2ccccc2CC2CCN(Cc3ccccc3)CC2)c1)N1CCN(C(=O)c2ccc(CCNC[C@H](O)c3ccc(O)c4[nH]c(=O)ccc34)cc2)CC1. The topological polar surface area (TPSA) is 196 Å². The monoisotopic (exact) mass is 907 g/mol. The van der Waals surface area contributed by atoms with Gasteiger partial charge in [0.25, 0.3) is 11.8 Å². The molecule has 0 spiro atoms. The summed E-state index contributed by atoms with van der Waals surface area (Å²) in [5, 5.41) is 47.4. The lowest BCUT2D eigenvalue weighted by Crippen LogP contribution is -2.51. The summed E-state index contributed by atoms with van der Waals surface area (Å²) in [4.78, 5) is 59.9. The quantitative estimate of drug-likeness (QED) is 0.0656. The maximum Gasteiger partial charge on any atom is 0.345 e. The van der Waals surface area contributed by atoms with Crippen LogP contribution in [0, 0.1) is 5.92 Å². The van der Waals surface area contributed by atoms with Crippen LogP contribution < -0.4 is 15.6 Å². The molecule has 6 N–H and O–H groups in total. The summed E-state index contributed by atoms with van der Waals surface area (Å²) in [5.41, 5.74) is 2.23. The van der Waals surface area contributed by atoms with Crippen LogP contribution in [-0.4, -0.2) is 117 Å². The number of aliphatic hydroxyl groups excluding tert-OH is 1. The molecule has 67 heavy (non-hydrogen) atoms. The maximum absolute atomic E-state index is 13.4. The Hall–Kier alpha value is -6.84. The molecule has 6 aromatic rings. The van der Waals surface area contributed by atoms with E-state index in [-0.39, 0.29) is 53.1 Å². The third-order valence-electron chi connectivity index (χ3n) is 13.1. The number of hydrogen-bond donors (Lipinski definition) is 6. The molecule has 2 fully saturated rings. The summed E-state index contributed by atoms with van der Waals surface area (Å²) in [6.07, 6.45) is 2.36. The highest BCUT2D eigenvalue weighted by Crippen LogP contribution is 2.36. The highest BCUT2D eigenvalue weighted by Gasteiger charge is 2.42. The maximum atomic E-state index is 13.4. The van der Waals surface area contributed by atoms with Crippen molar-refractivity contribution in [2.45, 2.75) is 43.9 Å². The number of rotatable bonds is 17. The molecule has 2 atom stereocenters. The summed E-state index contributed by atoms with van der Waals surface area (Å²) < 4.78 is 5.91. The number of fused-ring (bicyclic) bond motifs is 1. The Bertz CT molecular complexity index is 2730. The summed E-state index contributed by atoms with van der Waals surface area (Å²) in [6.45, 7) is 4.65. The molecule has 3 heterocycles. The van der Waals surface area contributed by atoms with E-state index in [2.05, 4.69) is 39.5 Å². The van der Waals surface area contributed by atoms with Crippen molar-refractivity contribution in [1.82, 2.24) is 25.0 Å². The average Bonchev–Trinajstić information content (AvgIpc) is 3.35. The fourth-order valence-corrected chi connectivity index (χ4v) is 9.28. The van der Waals surface area contributed by atoms with Gasteiger partial charge in [0.1, 0.15) is 11.5 Å². The Labute approximate surface area is 389 Å². The third kappa shape index (κ3) is 11.1. The third-order valence-corrected chi connectivity index (χ3v) is 13.1. The number of carboxylic acid groups (broad SMARTS) is 1. The number of H-pyrrole nitrogens is 1. The first-order valence-electron chi connectivity index (χ1n) is 22.9. The lowest BCUT2D eigenvalue weighted by atomic mass is 9.80. The van der Waals surface area contributed by atoms with E-state index in [4.69, 9.17) is 4.74 Å². The van der Waals surface area contributed by atoms with Crippen molar-refractivity contribution in [1.29, 1.82) is 0 Å². The number of piperazine rings is 1. The van der Waals surface area contributed by atoms with Gasteiger partial charge in [-0.3, -0.25) is 19.3 Å². The summed E-state index contributed by atoms with van der Waals surface area (Å²) in [6, 6.07) is 37.3. The van der Waals surface area contributed by atoms with Crippen LogP contribution in [0.1, 0.15) is 62.7 Å². The van der Waals surface area contributed by atoms with Crippen molar-refractivity contribution in [3.63, 3.8) is 0 Å². The average molecular weight is 908 g/mol. The van der Waals surface area contributed by atoms with Crippen LogP contribution in [0.5, 0.6) is 11.5 Å². The van der Waals surface area contributed by atoms with Crippen LogP contribution in [0.3, 0.4) is 0 Å². The Morgan fingerprint density at radius 3 is 2.25 bits per heavy atom. The number of carbonyl (C=O) groups is 3. The van der Waals surface area contributed by atoms with Gasteiger partial charge in [-0.25, -0.2) is 4.79 Å². The number of aromatic nitrogens is 1. The second-order valence-corrected chi connectivity index (χ2v) is 17.5. The molecular weight excluding hydrogens is 851 g/mol. The number of carboxylic acids is 1. The molecule has 5 aromatic carbocycles. The zero-order chi connectivity index (χ0) is 46.9. The van der Waals surface area contributed by atoms with E-state index in [1.807, 2.05) is 30.3 Å². The minimum atomic E-state index is -2.35. The number of nitrogens with one attached hydrogen (secondary N) is 2. The number of carbonyl (C=O) groups excluding carboxylic acids is 2. The van der Waals surface area contributed by atoms with Crippen LogP contribution in [0.25, 0.3) is 10.9 Å². The number of ether oxygens (including phenoxy) is 1. The lowest BCUT2D eigenvalue weighted by Gasteiger charge is -2.34. The van der Waals surface area contributed by atoms with Crippen molar-refractivity contribution in [3.05, 3.63) is 177 Å². The van der Waals surface area contributed by atoms with E-state index >= 15 is 0 Å². The van der Waals surface area contributed by atoms with Crippen molar-refractivity contribution in [2.24, 2.45) is 5.92 Å². The summed E-state index contributed by atoms with van der Waals surface area (Å²) >= 11 is 0. The zero-order valence-electron chi connectivity index (χ0n) is 37.4. The molecule has 0 unspecified atom stereocenters. The number of hydrogen-bond acceptors (Lipinski definition) is 10. The second-order valence-electron chi connectivity index (χ2n) is 17.5. The predicted octanol–water partition coefficient (Wildman–Crippen LogP) is 5.24. The largest absolute Gasteiger partial charge is 0.506 e. The number of phenolic OH excluding ortho intramolecular Hbond substituents is 1. The van der Waals surface area contributed by atoms with Gasteiger partial charge < -0.3 is 45.3 Å². The van der Waals surface area contributed by atoms with Gasteiger partial charge in [0, 0.05) is 67.4 Å². The Morgan fingerprint density at radius 2 is 1.51 bits per heavy atom. The van der Waals surface area contributed by atoms with Gasteiger partial charge in [-0.1, -0.05) is 84.9 Å². The van der Waals surface area contributed by atoms with Crippen molar-refractivity contribution in [2.75, 3.05) is 59.0 Å². The van der Waals surface area contributed by atoms with E-state index in [1.54, 1.807) is 64.4 Å². The van der Waals surface area contributed by atoms with Gasteiger partial charge in [-0.15, -0.1) is 0 Å². The molecule has 0 aliphatic carbocycles. The van der Waals surface area contributed by atoms with E-state index in [1.165, 1.54) is 23.8 Å². The summed E-state index contributed by atoms with van der Waals surface area (Å²) in [7, 11) is 0.